The monoisotopic (exact) mass is 282 g/mol. The van der Waals surface area contributed by atoms with Gasteiger partial charge in [0.25, 0.3) is 0 Å². The lowest BCUT2D eigenvalue weighted by molar-refractivity contribution is 0.467. The summed E-state index contributed by atoms with van der Waals surface area (Å²) in [5.41, 5.74) is 0.532. The molecule has 0 unspecified atom stereocenters. The highest BCUT2D eigenvalue weighted by Gasteiger charge is 2.08. The molecule has 0 aliphatic carbocycles. The van der Waals surface area contributed by atoms with E-state index < -0.39 is 0 Å². The highest BCUT2D eigenvalue weighted by atomic mass is 79.9. The second-order valence-corrected chi connectivity index (χ2v) is 3.35. The molecule has 0 spiro atoms. The number of aromatic hydroxyl groups is 1. The van der Waals surface area contributed by atoms with Crippen LogP contribution in [0.15, 0.2) is 16.6 Å². The minimum atomic E-state index is -0.364. The molecule has 0 fully saturated rings. The average molecular weight is 284 g/mol. The first-order valence-electron chi connectivity index (χ1n) is 2.88. The van der Waals surface area contributed by atoms with E-state index in [0.29, 0.717) is 15.4 Å². The smallest absolute Gasteiger partial charge is 0.137 e. The highest BCUT2D eigenvalue weighted by molar-refractivity contribution is 9.10. The first kappa shape index (κ1) is 9.00. The summed E-state index contributed by atoms with van der Waals surface area (Å²) in [5, 5.41) is 9.62. The maximum atomic E-state index is 12.8. The lowest BCUT2D eigenvalue weighted by Crippen LogP contribution is -1.85. The number of benzene rings is 1. The van der Waals surface area contributed by atoms with Crippen LogP contribution in [0.4, 0.5) is 4.39 Å². The van der Waals surface area contributed by atoms with E-state index in [1.54, 1.807) is 0 Å². The standard InChI is InChI=1S/C7H5Br2FO/c8-3-4-6(11)2-1-5(10)7(4)9/h1-2,11H,3H2. The molecule has 1 nitrogen and oxygen atoms in total. The van der Waals surface area contributed by atoms with Gasteiger partial charge in [-0.05, 0) is 28.1 Å². The van der Waals surface area contributed by atoms with Crippen molar-refractivity contribution in [2.24, 2.45) is 0 Å². The maximum absolute atomic E-state index is 12.8. The average Bonchev–Trinajstić information content (AvgIpc) is 1.99. The van der Waals surface area contributed by atoms with Gasteiger partial charge in [-0.1, -0.05) is 15.9 Å². The summed E-state index contributed by atoms with van der Waals surface area (Å²) in [7, 11) is 0. The predicted molar refractivity (Wildman–Crippen MR) is 48.4 cm³/mol. The van der Waals surface area contributed by atoms with Gasteiger partial charge in [0.15, 0.2) is 0 Å². The molecule has 0 saturated heterocycles. The molecular formula is C7H5Br2FO. The normalized spacial score (nSPS) is 10.1. The van der Waals surface area contributed by atoms with E-state index in [0.717, 1.165) is 0 Å². The Morgan fingerprint density at radius 1 is 1.45 bits per heavy atom. The molecule has 11 heavy (non-hydrogen) atoms. The van der Waals surface area contributed by atoms with Gasteiger partial charge in [-0.2, -0.15) is 0 Å². The number of halogens is 3. The fourth-order valence-electron chi connectivity index (χ4n) is 0.710. The topological polar surface area (TPSA) is 20.2 Å². The summed E-state index contributed by atoms with van der Waals surface area (Å²) in [5.74, 6) is -0.271. The molecule has 1 aromatic rings. The van der Waals surface area contributed by atoms with E-state index in [1.807, 2.05) is 0 Å². The molecule has 1 rings (SSSR count). The van der Waals surface area contributed by atoms with E-state index in [4.69, 9.17) is 0 Å². The summed E-state index contributed by atoms with van der Waals surface area (Å²) in [6, 6.07) is 2.54. The number of rotatable bonds is 1. The third kappa shape index (κ3) is 1.73. The number of alkyl halides is 1. The van der Waals surface area contributed by atoms with Crippen molar-refractivity contribution < 1.29 is 9.50 Å². The van der Waals surface area contributed by atoms with Crippen molar-refractivity contribution in [3.8, 4) is 5.75 Å². The van der Waals surface area contributed by atoms with Gasteiger partial charge >= 0.3 is 0 Å². The van der Waals surface area contributed by atoms with Crippen LogP contribution >= 0.6 is 31.9 Å². The number of phenolic OH excluding ortho intramolecular Hbond substituents is 1. The second-order valence-electron chi connectivity index (χ2n) is 1.99. The van der Waals surface area contributed by atoms with Gasteiger partial charge in [0.05, 0.1) is 4.47 Å². The van der Waals surface area contributed by atoms with Crippen LogP contribution in [0.3, 0.4) is 0 Å². The second kappa shape index (κ2) is 3.54. The number of phenols is 1. The van der Waals surface area contributed by atoms with Crippen molar-refractivity contribution >= 4 is 31.9 Å². The van der Waals surface area contributed by atoms with E-state index in [9.17, 15) is 9.50 Å². The lowest BCUT2D eigenvalue weighted by atomic mass is 10.2. The van der Waals surface area contributed by atoms with Crippen LogP contribution in [0.25, 0.3) is 0 Å². The first-order chi connectivity index (χ1) is 5.16. The van der Waals surface area contributed by atoms with Crippen LogP contribution in [0.2, 0.25) is 0 Å². The van der Waals surface area contributed by atoms with Gasteiger partial charge < -0.3 is 5.11 Å². The van der Waals surface area contributed by atoms with Gasteiger partial charge in [-0.3, -0.25) is 0 Å². The fourth-order valence-corrected chi connectivity index (χ4v) is 2.13. The fraction of sp³-hybridized carbons (Fsp3) is 0.143. The SMILES string of the molecule is Oc1ccc(F)c(Br)c1CBr. The summed E-state index contributed by atoms with van der Waals surface area (Å²) in [6.45, 7) is 0. The molecule has 0 amide bonds. The molecule has 60 valence electrons. The van der Waals surface area contributed by atoms with E-state index >= 15 is 0 Å². The first-order valence-corrected chi connectivity index (χ1v) is 4.80. The number of hydrogen-bond acceptors (Lipinski definition) is 1. The Balaban J connectivity index is 3.29. The number of hydrogen-bond donors (Lipinski definition) is 1. The zero-order valence-corrected chi connectivity index (χ0v) is 8.61. The Kier molecular flexibility index (Phi) is 2.90. The minimum Gasteiger partial charge on any atom is -0.508 e. The van der Waals surface area contributed by atoms with Gasteiger partial charge in [-0.15, -0.1) is 0 Å². The Morgan fingerprint density at radius 2 is 2.09 bits per heavy atom. The van der Waals surface area contributed by atoms with Gasteiger partial charge in [0.2, 0.25) is 0 Å². The summed E-state index contributed by atoms with van der Waals surface area (Å²) < 4.78 is 13.1. The molecule has 0 aromatic heterocycles. The van der Waals surface area contributed by atoms with Crippen molar-refractivity contribution in [1.29, 1.82) is 0 Å². The van der Waals surface area contributed by atoms with Crippen LogP contribution in [0.1, 0.15) is 5.56 Å². The van der Waals surface area contributed by atoms with E-state index in [2.05, 4.69) is 31.9 Å². The van der Waals surface area contributed by atoms with Crippen LogP contribution in [-0.2, 0) is 5.33 Å². The summed E-state index contributed by atoms with van der Waals surface area (Å²) >= 11 is 6.16. The Morgan fingerprint density at radius 3 is 2.55 bits per heavy atom. The van der Waals surface area contributed by atoms with Gasteiger partial charge in [-0.25, -0.2) is 4.39 Å². The van der Waals surface area contributed by atoms with Gasteiger partial charge in [0, 0.05) is 10.9 Å². The summed E-state index contributed by atoms with van der Waals surface area (Å²) in [4.78, 5) is 0. The Hall–Kier alpha value is -0.0900. The Labute approximate surface area is 80.5 Å². The molecule has 0 heterocycles. The molecule has 0 aliphatic rings. The highest BCUT2D eigenvalue weighted by Crippen LogP contribution is 2.30. The molecule has 1 aromatic carbocycles. The summed E-state index contributed by atoms with van der Waals surface area (Å²) in [6.07, 6.45) is 0. The molecule has 4 heteroatoms. The maximum Gasteiger partial charge on any atom is 0.137 e. The van der Waals surface area contributed by atoms with Crippen LogP contribution in [-0.4, -0.2) is 5.11 Å². The predicted octanol–water partition coefficient (Wildman–Crippen LogP) is 3.19. The zero-order valence-electron chi connectivity index (χ0n) is 5.44. The molecule has 0 bridgehead atoms. The molecule has 0 aliphatic heterocycles. The van der Waals surface area contributed by atoms with Crippen LogP contribution in [0, 0.1) is 5.82 Å². The molecular weight excluding hydrogens is 279 g/mol. The third-order valence-corrected chi connectivity index (χ3v) is 2.72. The lowest BCUT2D eigenvalue weighted by Gasteiger charge is -2.03. The van der Waals surface area contributed by atoms with Crippen molar-refractivity contribution in [3.63, 3.8) is 0 Å². The molecule has 0 atom stereocenters. The molecule has 0 radical (unpaired) electrons. The molecule has 0 saturated carbocycles. The van der Waals surface area contributed by atoms with Crippen molar-refractivity contribution in [1.82, 2.24) is 0 Å². The zero-order chi connectivity index (χ0) is 8.43. The largest absolute Gasteiger partial charge is 0.508 e. The van der Waals surface area contributed by atoms with E-state index in [1.165, 1.54) is 12.1 Å². The van der Waals surface area contributed by atoms with Gasteiger partial charge in [0.1, 0.15) is 11.6 Å². The van der Waals surface area contributed by atoms with Crippen LogP contribution < -0.4 is 0 Å². The quantitative estimate of drug-likeness (QED) is 0.785. The molecule has 1 N–H and O–H groups in total. The van der Waals surface area contributed by atoms with Crippen molar-refractivity contribution in [3.05, 3.63) is 28.0 Å². The van der Waals surface area contributed by atoms with Crippen LogP contribution in [0.5, 0.6) is 5.75 Å². The van der Waals surface area contributed by atoms with Crippen molar-refractivity contribution in [2.45, 2.75) is 5.33 Å². The van der Waals surface area contributed by atoms with Crippen molar-refractivity contribution in [2.75, 3.05) is 0 Å². The van der Waals surface area contributed by atoms with E-state index in [-0.39, 0.29) is 11.6 Å². The third-order valence-electron chi connectivity index (χ3n) is 1.30. The Bertz CT molecular complexity index is 275. The minimum absolute atomic E-state index is 0.0927.